The van der Waals surface area contributed by atoms with Gasteiger partial charge in [-0.25, -0.2) is 12.8 Å². The third kappa shape index (κ3) is 4.35. The van der Waals surface area contributed by atoms with Crippen LogP contribution in [-0.4, -0.2) is 31.6 Å². The Kier molecular flexibility index (Phi) is 5.97. The van der Waals surface area contributed by atoms with Crippen LogP contribution in [0, 0.1) is 5.82 Å². The maximum absolute atomic E-state index is 14.1. The molecular formula is C25H25FN2O4S. The Morgan fingerprint density at radius 1 is 1.09 bits per heavy atom. The number of benzene rings is 2. The number of hydrogen-bond donors (Lipinski definition) is 0. The number of rotatable bonds is 5. The van der Waals surface area contributed by atoms with Crippen LogP contribution < -0.4 is 10.3 Å². The molecule has 8 heteroatoms. The molecule has 33 heavy (non-hydrogen) atoms. The van der Waals surface area contributed by atoms with Gasteiger partial charge in [-0.15, -0.1) is 0 Å². The number of ether oxygens (including phenoxy) is 1. The summed E-state index contributed by atoms with van der Waals surface area (Å²) in [4.78, 5) is 17.3. The molecule has 172 valence electrons. The maximum Gasteiger partial charge on any atom is 0.250 e. The number of aryl methyl sites for hydroxylation is 1. The van der Waals surface area contributed by atoms with Crippen molar-refractivity contribution in [3.63, 3.8) is 0 Å². The number of aromatic nitrogens is 1. The Morgan fingerprint density at radius 2 is 1.85 bits per heavy atom. The van der Waals surface area contributed by atoms with Crippen LogP contribution in [0.15, 0.2) is 58.4 Å². The van der Waals surface area contributed by atoms with Gasteiger partial charge in [0.05, 0.1) is 24.6 Å². The fourth-order valence-electron chi connectivity index (χ4n) is 4.05. The van der Waals surface area contributed by atoms with Crippen LogP contribution >= 0.6 is 0 Å². The molecule has 6 nitrogen and oxygen atoms in total. The predicted molar refractivity (Wildman–Crippen MR) is 127 cm³/mol. The van der Waals surface area contributed by atoms with Gasteiger partial charge in [0.1, 0.15) is 0 Å². The van der Waals surface area contributed by atoms with E-state index in [4.69, 9.17) is 9.73 Å². The van der Waals surface area contributed by atoms with Crippen LogP contribution in [0.25, 0.3) is 11.1 Å². The van der Waals surface area contributed by atoms with Crippen molar-refractivity contribution >= 4 is 15.5 Å². The average Bonchev–Trinajstić information content (AvgIpc) is 2.89. The molecule has 0 radical (unpaired) electrons. The SMILES string of the molecule is CCS(=O)(=O)Cc1ccc2c(c1)-c1cn(C)c(=O)cc1[C@H](C)N=C2c1ccc(F)c(OC)c1. The molecule has 0 fully saturated rings. The molecule has 0 N–H and O–H groups in total. The molecule has 4 rings (SSSR count). The van der Waals surface area contributed by atoms with Gasteiger partial charge in [0, 0.05) is 41.8 Å². The summed E-state index contributed by atoms with van der Waals surface area (Å²) in [7, 11) is -0.155. The molecule has 0 amide bonds. The zero-order chi connectivity index (χ0) is 23.9. The summed E-state index contributed by atoms with van der Waals surface area (Å²) >= 11 is 0. The molecule has 0 saturated carbocycles. The molecule has 2 aromatic carbocycles. The second-order valence-electron chi connectivity index (χ2n) is 8.15. The number of aliphatic imine (C=N–C) groups is 1. The Hall–Kier alpha value is -3.26. The highest BCUT2D eigenvalue weighted by Gasteiger charge is 2.25. The molecule has 1 aromatic heterocycles. The van der Waals surface area contributed by atoms with E-state index in [9.17, 15) is 17.6 Å². The standard InChI is InChI=1S/C25H25FN2O4S/c1-5-33(30,31)14-16-6-8-18-20(10-16)21-13-28(3)24(29)12-19(21)15(2)27-25(18)17-7-9-22(26)23(11-17)32-4/h6-13,15H,5,14H2,1-4H3/t15-/m0/s1. The minimum atomic E-state index is -3.23. The Morgan fingerprint density at radius 3 is 2.55 bits per heavy atom. The number of fused-ring (bicyclic) bond motifs is 3. The van der Waals surface area contributed by atoms with Crippen molar-refractivity contribution in [3.8, 4) is 16.9 Å². The largest absolute Gasteiger partial charge is 0.494 e. The lowest BCUT2D eigenvalue weighted by atomic mass is 9.91. The number of pyridine rings is 1. The van der Waals surface area contributed by atoms with Gasteiger partial charge >= 0.3 is 0 Å². The minimum absolute atomic E-state index is 0.0499. The van der Waals surface area contributed by atoms with Gasteiger partial charge in [-0.05, 0) is 47.9 Å². The number of sulfone groups is 1. The van der Waals surface area contributed by atoms with E-state index < -0.39 is 15.7 Å². The van der Waals surface area contributed by atoms with Crippen molar-refractivity contribution in [3.05, 3.63) is 87.1 Å². The Balaban J connectivity index is 2.00. The van der Waals surface area contributed by atoms with Crippen molar-refractivity contribution in [1.29, 1.82) is 0 Å². The average molecular weight is 469 g/mol. The molecule has 0 aliphatic carbocycles. The topological polar surface area (TPSA) is 77.7 Å². The van der Waals surface area contributed by atoms with E-state index in [0.29, 0.717) is 16.8 Å². The molecule has 1 atom stereocenters. The smallest absolute Gasteiger partial charge is 0.250 e. The number of nitrogens with zero attached hydrogens (tertiary/aromatic N) is 2. The highest BCUT2D eigenvalue weighted by Crippen LogP contribution is 2.38. The maximum atomic E-state index is 14.1. The van der Waals surface area contributed by atoms with E-state index in [1.807, 2.05) is 19.1 Å². The van der Waals surface area contributed by atoms with Crippen LogP contribution in [0.4, 0.5) is 4.39 Å². The Labute approximate surface area is 192 Å². The van der Waals surface area contributed by atoms with Crippen molar-refractivity contribution in [2.45, 2.75) is 25.6 Å². The minimum Gasteiger partial charge on any atom is -0.494 e. The van der Waals surface area contributed by atoms with Crippen LogP contribution in [0.3, 0.4) is 0 Å². The second-order valence-corrected chi connectivity index (χ2v) is 10.5. The van der Waals surface area contributed by atoms with Gasteiger partial charge in [0.2, 0.25) is 0 Å². The van der Waals surface area contributed by atoms with Gasteiger partial charge in [0.15, 0.2) is 21.4 Å². The second kappa shape index (κ2) is 8.59. The number of methoxy groups -OCH3 is 1. The van der Waals surface area contributed by atoms with Crippen LogP contribution in [0.1, 0.15) is 42.1 Å². The highest BCUT2D eigenvalue weighted by molar-refractivity contribution is 7.90. The fraction of sp³-hybridized carbons (Fsp3) is 0.280. The van der Waals surface area contributed by atoms with Gasteiger partial charge in [-0.2, -0.15) is 0 Å². The lowest BCUT2D eigenvalue weighted by Crippen LogP contribution is -2.17. The van der Waals surface area contributed by atoms with Crippen LogP contribution in [0.5, 0.6) is 5.75 Å². The van der Waals surface area contributed by atoms with E-state index in [2.05, 4.69) is 0 Å². The highest BCUT2D eigenvalue weighted by atomic mass is 32.2. The van der Waals surface area contributed by atoms with Gasteiger partial charge < -0.3 is 9.30 Å². The molecule has 1 aliphatic heterocycles. The molecule has 0 spiro atoms. The van der Waals surface area contributed by atoms with E-state index in [0.717, 1.165) is 22.3 Å². The van der Waals surface area contributed by atoms with Gasteiger partial charge in [-0.1, -0.05) is 19.1 Å². The van der Waals surface area contributed by atoms with Gasteiger partial charge in [0.25, 0.3) is 5.56 Å². The summed E-state index contributed by atoms with van der Waals surface area (Å²) in [6.45, 7) is 3.52. The third-order valence-corrected chi connectivity index (χ3v) is 7.57. The molecular weight excluding hydrogens is 443 g/mol. The van der Waals surface area contributed by atoms with Crippen molar-refractivity contribution < 1.29 is 17.5 Å². The number of hydrogen-bond acceptors (Lipinski definition) is 5. The van der Waals surface area contributed by atoms with E-state index in [-0.39, 0.29) is 28.9 Å². The molecule has 0 saturated heterocycles. The third-order valence-electron chi connectivity index (χ3n) is 5.91. The first-order valence-corrected chi connectivity index (χ1v) is 12.4. The molecule has 2 heterocycles. The molecule has 0 bridgehead atoms. The first-order valence-electron chi connectivity index (χ1n) is 10.6. The quantitative estimate of drug-likeness (QED) is 0.566. The predicted octanol–water partition coefficient (Wildman–Crippen LogP) is 4.05. The number of halogens is 1. The van der Waals surface area contributed by atoms with E-state index >= 15 is 0 Å². The van der Waals surface area contributed by atoms with Crippen molar-refractivity contribution in [2.75, 3.05) is 12.9 Å². The summed E-state index contributed by atoms with van der Waals surface area (Å²) in [6.07, 6.45) is 1.76. The molecule has 1 aliphatic rings. The fourth-order valence-corrected chi connectivity index (χ4v) is 4.94. The monoisotopic (exact) mass is 468 g/mol. The van der Waals surface area contributed by atoms with Crippen LogP contribution in [0.2, 0.25) is 0 Å². The van der Waals surface area contributed by atoms with Crippen LogP contribution in [-0.2, 0) is 22.6 Å². The lowest BCUT2D eigenvalue weighted by Gasteiger charge is -2.15. The summed E-state index contributed by atoms with van der Waals surface area (Å²) in [5.41, 5.74) is 4.88. The summed E-state index contributed by atoms with van der Waals surface area (Å²) in [6, 6.07) is 11.2. The molecule has 0 unspecified atom stereocenters. The summed E-state index contributed by atoms with van der Waals surface area (Å²) < 4.78 is 45.3. The van der Waals surface area contributed by atoms with E-state index in [1.54, 1.807) is 44.4 Å². The normalized spacial score (nSPS) is 15.3. The lowest BCUT2D eigenvalue weighted by molar-refractivity contribution is 0.386. The first kappa shape index (κ1) is 22.9. The van der Waals surface area contributed by atoms with E-state index in [1.165, 1.54) is 17.7 Å². The summed E-state index contributed by atoms with van der Waals surface area (Å²) in [5, 5.41) is 0. The summed E-state index contributed by atoms with van der Waals surface area (Å²) in [5.74, 6) is -0.404. The Bertz CT molecular complexity index is 1440. The van der Waals surface area contributed by atoms with Crippen molar-refractivity contribution in [2.24, 2.45) is 12.0 Å². The molecule has 3 aromatic rings. The van der Waals surface area contributed by atoms with Crippen molar-refractivity contribution in [1.82, 2.24) is 4.57 Å². The van der Waals surface area contributed by atoms with Gasteiger partial charge in [-0.3, -0.25) is 9.79 Å². The first-order chi connectivity index (χ1) is 15.6. The zero-order valence-electron chi connectivity index (χ0n) is 18.9. The zero-order valence-corrected chi connectivity index (χ0v) is 19.7.